The molecule has 2 aliphatic rings. The Hall–Kier alpha value is -1.58. The molecule has 0 radical (unpaired) electrons. The van der Waals surface area contributed by atoms with E-state index >= 15 is 0 Å². The SMILES string of the molecule is COC(=O)N1[C@H]2CC[C@@H]1[C@H](c1cccnc1)C2. The van der Waals surface area contributed by atoms with Crippen molar-refractivity contribution in [2.75, 3.05) is 7.11 Å². The standard InChI is InChI=1S/C13H16N2O2/c1-17-13(16)15-10-4-5-12(15)11(7-10)9-3-2-6-14-8-9/h2-3,6,8,10-12H,4-5,7H2,1H3/t10-,11-,12+/m0/s1. The summed E-state index contributed by atoms with van der Waals surface area (Å²) in [4.78, 5) is 17.8. The molecule has 1 aromatic rings. The molecular weight excluding hydrogens is 216 g/mol. The number of ether oxygens (including phenoxy) is 1. The number of rotatable bonds is 1. The summed E-state index contributed by atoms with van der Waals surface area (Å²) in [7, 11) is 1.46. The van der Waals surface area contributed by atoms with Crippen LogP contribution in [0, 0.1) is 0 Å². The molecule has 0 unspecified atom stereocenters. The highest BCUT2D eigenvalue weighted by Crippen LogP contribution is 2.46. The minimum absolute atomic E-state index is 0.177. The van der Waals surface area contributed by atoms with E-state index in [-0.39, 0.29) is 6.09 Å². The molecule has 1 aromatic heterocycles. The largest absolute Gasteiger partial charge is 0.453 e. The summed E-state index contributed by atoms with van der Waals surface area (Å²) in [6, 6.07) is 4.73. The predicted molar refractivity (Wildman–Crippen MR) is 62.6 cm³/mol. The molecule has 3 atom stereocenters. The van der Waals surface area contributed by atoms with Gasteiger partial charge >= 0.3 is 6.09 Å². The van der Waals surface area contributed by atoms with Crippen LogP contribution in [0.3, 0.4) is 0 Å². The summed E-state index contributed by atoms with van der Waals surface area (Å²) in [5.74, 6) is 0.432. The lowest BCUT2D eigenvalue weighted by molar-refractivity contribution is 0.116. The molecule has 3 rings (SSSR count). The molecule has 0 saturated carbocycles. The van der Waals surface area contributed by atoms with E-state index in [4.69, 9.17) is 4.74 Å². The Morgan fingerprint density at radius 2 is 2.41 bits per heavy atom. The number of pyridine rings is 1. The van der Waals surface area contributed by atoms with Gasteiger partial charge in [0.15, 0.2) is 0 Å². The molecule has 4 heteroatoms. The van der Waals surface area contributed by atoms with Crippen LogP contribution in [0.2, 0.25) is 0 Å². The third-order valence-electron chi connectivity index (χ3n) is 4.03. The first kappa shape index (κ1) is 10.6. The first-order chi connectivity index (χ1) is 8.31. The van der Waals surface area contributed by atoms with Crippen molar-refractivity contribution in [3.05, 3.63) is 30.1 Å². The minimum Gasteiger partial charge on any atom is -0.453 e. The van der Waals surface area contributed by atoms with E-state index in [1.54, 1.807) is 6.20 Å². The first-order valence-electron chi connectivity index (χ1n) is 6.07. The number of carbonyl (C=O) groups excluding carboxylic acids is 1. The maximum absolute atomic E-state index is 11.7. The van der Waals surface area contributed by atoms with Gasteiger partial charge in [-0.1, -0.05) is 6.07 Å². The normalized spacial score (nSPS) is 30.6. The van der Waals surface area contributed by atoms with Crippen molar-refractivity contribution in [3.8, 4) is 0 Å². The van der Waals surface area contributed by atoms with Gasteiger partial charge in [-0.3, -0.25) is 4.98 Å². The molecule has 2 saturated heterocycles. The molecule has 0 aliphatic carbocycles. The molecule has 0 spiro atoms. The molecule has 0 aromatic carbocycles. The number of hydrogen-bond donors (Lipinski definition) is 0. The topological polar surface area (TPSA) is 42.4 Å². The van der Waals surface area contributed by atoms with Crippen LogP contribution in [-0.4, -0.2) is 35.2 Å². The van der Waals surface area contributed by atoms with Crippen LogP contribution in [-0.2, 0) is 4.74 Å². The average Bonchev–Trinajstić information content (AvgIpc) is 2.96. The molecular formula is C13H16N2O2. The third kappa shape index (κ3) is 1.59. The van der Waals surface area contributed by atoms with Crippen LogP contribution in [0.15, 0.2) is 24.5 Å². The summed E-state index contributed by atoms with van der Waals surface area (Å²) < 4.78 is 4.87. The lowest BCUT2D eigenvalue weighted by Crippen LogP contribution is -2.35. The van der Waals surface area contributed by atoms with Crippen LogP contribution >= 0.6 is 0 Å². The Kier molecular flexibility index (Phi) is 2.50. The van der Waals surface area contributed by atoms with E-state index in [0.29, 0.717) is 18.0 Å². The molecule has 3 heterocycles. The fourth-order valence-corrected chi connectivity index (χ4v) is 3.33. The Bertz CT molecular complexity index is 421. The fourth-order valence-electron chi connectivity index (χ4n) is 3.33. The zero-order valence-corrected chi connectivity index (χ0v) is 9.87. The van der Waals surface area contributed by atoms with Crippen LogP contribution in [0.5, 0.6) is 0 Å². The number of amides is 1. The Balaban J connectivity index is 1.86. The second kappa shape index (κ2) is 4.02. The lowest BCUT2D eigenvalue weighted by Gasteiger charge is -2.23. The van der Waals surface area contributed by atoms with Crippen LogP contribution in [0.4, 0.5) is 4.79 Å². The monoisotopic (exact) mass is 232 g/mol. The van der Waals surface area contributed by atoms with Crippen molar-refractivity contribution < 1.29 is 9.53 Å². The van der Waals surface area contributed by atoms with E-state index in [2.05, 4.69) is 11.1 Å². The summed E-state index contributed by atoms with van der Waals surface area (Å²) in [6.45, 7) is 0. The molecule has 4 nitrogen and oxygen atoms in total. The quantitative estimate of drug-likeness (QED) is 0.745. The van der Waals surface area contributed by atoms with Gasteiger partial charge in [0.2, 0.25) is 0 Å². The van der Waals surface area contributed by atoms with Crippen molar-refractivity contribution >= 4 is 6.09 Å². The van der Waals surface area contributed by atoms with Crippen molar-refractivity contribution in [2.24, 2.45) is 0 Å². The van der Waals surface area contributed by atoms with Crippen LogP contribution in [0.25, 0.3) is 0 Å². The van der Waals surface area contributed by atoms with Crippen molar-refractivity contribution in [3.63, 3.8) is 0 Å². The van der Waals surface area contributed by atoms with Gasteiger partial charge in [-0.25, -0.2) is 4.79 Å². The summed E-state index contributed by atoms with van der Waals surface area (Å²) in [6.07, 6.45) is 6.76. The van der Waals surface area contributed by atoms with E-state index in [1.165, 1.54) is 12.7 Å². The number of methoxy groups -OCH3 is 1. The smallest absolute Gasteiger partial charge is 0.410 e. The maximum atomic E-state index is 11.7. The molecule has 0 N–H and O–H groups in total. The number of nitrogens with zero attached hydrogens (tertiary/aromatic N) is 2. The molecule has 1 amide bonds. The average molecular weight is 232 g/mol. The van der Waals surface area contributed by atoms with E-state index in [9.17, 15) is 4.79 Å². The van der Waals surface area contributed by atoms with Gasteiger partial charge < -0.3 is 9.64 Å². The van der Waals surface area contributed by atoms with Gasteiger partial charge in [0.25, 0.3) is 0 Å². The predicted octanol–water partition coefficient (Wildman–Crippen LogP) is 2.17. The molecule has 17 heavy (non-hydrogen) atoms. The highest BCUT2D eigenvalue weighted by atomic mass is 16.5. The Morgan fingerprint density at radius 3 is 3.12 bits per heavy atom. The van der Waals surface area contributed by atoms with Gasteiger partial charge in [0.1, 0.15) is 0 Å². The number of hydrogen-bond acceptors (Lipinski definition) is 3. The number of aromatic nitrogens is 1. The van der Waals surface area contributed by atoms with Gasteiger partial charge in [-0.15, -0.1) is 0 Å². The van der Waals surface area contributed by atoms with E-state index in [1.807, 2.05) is 17.2 Å². The molecule has 90 valence electrons. The summed E-state index contributed by atoms with van der Waals surface area (Å²) in [5, 5.41) is 0. The Morgan fingerprint density at radius 1 is 1.53 bits per heavy atom. The zero-order valence-electron chi connectivity index (χ0n) is 9.87. The van der Waals surface area contributed by atoms with Crippen molar-refractivity contribution in [2.45, 2.75) is 37.3 Å². The molecule has 2 aliphatic heterocycles. The second-order valence-electron chi connectivity index (χ2n) is 4.80. The van der Waals surface area contributed by atoms with Gasteiger partial charge in [0.05, 0.1) is 7.11 Å². The lowest BCUT2D eigenvalue weighted by atomic mass is 9.85. The van der Waals surface area contributed by atoms with E-state index < -0.39 is 0 Å². The molecule has 2 bridgehead atoms. The number of fused-ring (bicyclic) bond motifs is 2. The third-order valence-corrected chi connectivity index (χ3v) is 4.03. The highest BCUT2D eigenvalue weighted by Gasteiger charge is 2.49. The maximum Gasteiger partial charge on any atom is 0.410 e. The molecule has 2 fully saturated rings. The van der Waals surface area contributed by atoms with Crippen LogP contribution in [0.1, 0.15) is 30.7 Å². The summed E-state index contributed by atoms with van der Waals surface area (Å²) >= 11 is 0. The second-order valence-corrected chi connectivity index (χ2v) is 4.80. The first-order valence-corrected chi connectivity index (χ1v) is 6.07. The van der Waals surface area contributed by atoms with Crippen molar-refractivity contribution in [1.82, 2.24) is 9.88 Å². The van der Waals surface area contributed by atoms with Crippen molar-refractivity contribution in [1.29, 1.82) is 0 Å². The fraction of sp³-hybridized carbons (Fsp3) is 0.538. The van der Waals surface area contributed by atoms with Gasteiger partial charge in [-0.05, 0) is 30.9 Å². The minimum atomic E-state index is -0.177. The van der Waals surface area contributed by atoms with Crippen LogP contribution < -0.4 is 0 Å². The van der Waals surface area contributed by atoms with E-state index in [0.717, 1.165) is 19.3 Å². The zero-order chi connectivity index (χ0) is 11.8. The summed E-state index contributed by atoms with van der Waals surface area (Å²) in [5.41, 5.74) is 1.24. The van der Waals surface area contributed by atoms with Gasteiger partial charge in [-0.2, -0.15) is 0 Å². The Labute approximate surface area is 101 Å². The highest BCUT2D eigenvalue weighted by molar-refractivity contribution is 5.69. The number of carbonyl (C=O) groups is 1. The van der Waals surface area contributed by atoms with Gasteiger partial charge in [0, 0.05) is 30.4 Å².